The summed E-state index contributed by atoms with van der Waals surface area (Å²) in [5, 5.41) is 6.04. The lowest BCUT2D eigenvalue weighted by Gasteiger charge is -2.19. The molecule has 130 valence electrons. The second-order valence-electron chi connectivity index (χ2n) is 6.18. The third kappa shape index (κ3) is 6.56. The van der Waals surface area contributed by atoms with Gasteiger partial charge in [0.1, 0.15) is 5.82 Å². The number of hydrogen-bond acceptors (Lipinski definition) is 3. The van der Waals surface area contributed by atoms with Crippen molar-refractivity contribution >= 4 is 15.8 Å². The Morgan fingerprint density at radius 1 is 1.26 bits per heavy atom. The monoisotopic (exact) mass is 343 g/mol. The number of benzene rings is 1. The van der Waals surface area contributed by atoms with Gasteiger partial charge in [0.2, 0.25) is 0 Å². The van der Waals surface area contributed by atoms with Crippen molar-refractivity contribution in [2.24, 2.45) is 4.99 Å². The van der Waals surface area contributed by atoms with E-state index in [1.165, 1.54) is 12.1 Å². The highest BCUT2D eigenvalue weighted by atomic mass is 32.2. The maximum Gasteiger partial charge on any atom is 0.191 e. The molecule has 0 saturated heterocycles. The summed E-state index contributed by atoms with van der Waals surface area (Å²) in [5.41, 5.74) is 0.754. The predicted molar refractivity (Wildman–Crippen MR) is 92.8 cm³/mol. The Hall–Kier alpha value is -1.63. The van der Waals surface area contributed by atoms with E-state index in [4.69, 9.17) is 0 Å². The van der Waals surface area contributed by atoms with Crippen molar-refractivity contribution < 1.29 is 12.8 Å². The quantitative estimate of drug-likeness (QED) is 0.613. The first-order valence-electron chi connectivity index (χ1n) is 7.64. The summed E-state index contributed by atoms with van der Waals surface area (Å²) in [6.45, 7) is 8.22. The smallest absolute Gasteiger partial charge is 0.191 e. The fourth-order valence-corrected chi connectivity index (χ4v) is 2.74. The number of guanidine groups is 1. The van der Waals surface area contributed by atoms with Crippen molar-refractivity contribution in [3.63, 3.8) is 0 Å². The lowest BCUT2D eigenvalue weighted by molar-refractivity contribution is 0.559. The van der Waals surface area contributed by atoms with Gasteiger partial charge in [-0.05, 0) is 45.4 Å². The van der Waals surface area contributed by atoms with E-state index in [1.54, 1.807) is 32.9 Å². The largest absolute Gasteiger partial charge is 0.357 e. The average molecular weight is 343 g/mol. The molecule has 1 aromatic carbocycles. The van der Waals surface area contributed by atoms with Crippen LogP contribution >= 0.6 is 0 Å². The van der Waals surface area contributed by atoms with E-state index in [-0.39, 0.29) is 18.1 Å². The lowest BCUT2D eigenvalue weighted by Crippen LogP contribution is -2.41. The van der Waals surface area contributed by atoms with Crippen LogP contribution in [0, 0.1) is 5.82 Å². The van der Waals surface area contributed by atoms with Gasteiger partial charge in [0.15, 0.2) is 15.8 Å². The van der Waals surface area contributed by atoms with Crippen molar-refractivity contribution in [1.82, 2.24) is 10.6 Å². The summed E-state index contributed by atoms with van der Waals surface area (Å²) >= 11 is 0. The molecule has 5 nitrogen and oxygen atoms in total. The maximum absolute atomic E-state index is 13.1. The fourth-order valence-electron chi connectivity index (χ4n) is 1.76. The van der Waals surface area contributed by atoms with Crippen LogP contribution in [0.4, 0.5) is 4.39 Å². The zero-order valence-corrected chi connectivity index (χ0v) is 15.0. The zero-order valence-electron chi connectivity index (χ0n) is 14.2. The second kappa shape index (κ2) is 8.29. The Balaban J connectivity index is 2.63. The van der Waals surface area contributed by atoms with Crippen LogP contribution in [-0.4, -0.2) is 38.0 Å². The first-order valence-corrected chi connectivity index (χ1v) is 9.30. The van der Waals surface area contributed by atoms with Crippen molar-refractivity contribution in [3.8, 4) is 0 Å². The SMILES string of the molecule is CCNC(=NCc1cccc(F)c1)NCCS(=O)(=O)C(C)(C)C. The number of nitrogens with zero attached hydrogens (tertiary/aromatic N) is 1. The Bertz CT molecular complexity index is 637. The lowest BCUT2D eigenvalue weighted by atomic mass is 10.2. The molecule has 0 radical (unpaired) electrons. The summed E-state index contributed by atoms with van der Waals surface area (Å²) in [5.74, 6) is 0.244. The van der Waals surface area contributed by atoms with E-state index in [0.29, 0.717) is 19.0 Å². The van der Waals surface area contributed by atoms with E-state index in [9.17, 15) is 12.8 Å². The molecule has 0 aromatic heterocycles. The van der Waals surface area contributed by atoms with Crippen LogP contribution in [0.15, 0.2) is 29.3 Å². The minimum atomic E-state index is -3.18. The van der Waals surface area contributed by atoms with Crippen LogP contribution in [0.1, 0.15) is 33.3 Å². The Labute approximate surface area is 138 Å². The minimum absolute atomic E-state index is 0.0287. The van der Waals surface area contributed by atoms with Crippen LogP contribution in [0.25, 0.3) is 0 Å². The molecular weight excluding hydrogens is 317 g/mol. The highest BCUT2D eigenvalue weighted by Gasteiger charge is 2.28. The Morgan fingerprint density at radius 2 is 1.96 bits per heavy atom. The summed E-state index contributed by atoms with van der Waals surface area (Å²) in [7, 11) is -3.18. The van der Waals surface area contributed by atoms with E-state index in [1.807, 2.05) is 6.92 Å². The van der Waals surface area contributed by atoms with Gasteiger partial charge >= 0.3 is 0 Å². The molecule has 0 bridgehead atoms. The maximum atomic E-state index is 13.1. The molecule has 0 fully saturated rings. The summed E-state index contributed by atoms with van der Waals surface area (Å²) < 4.78 is 36.5. The normalized spacial score (nSPS) is 13.0. The Kier molecular flexibility index (Phi) is 7.00. The molecule has 1 rings (SSSR count). The fraction of sp³-hybridized carbons (Fsp3) is 0.562. The molecule has 1 aromatic rings. The number of nitrogens with one attached hydrogen (secondary N) is 2. The van der Waals surface area contributed by atoms with Gasteiger partial charge in [0.25, 0.3) is 0 Å². The van der Waals surface area contributed by atoms with Crippen LogP contribution in [0.2, 0.25) is 0 Å². The molecule has 23 heavy (non-hydrogen) atoms. The molecule has 2 N–H and O–H groups in total. The molecule has 0 saturated carbocycles. The van der Waals surface area contributed by atoms with Crippen LogP contribution < -0.4 is 10.6 Å². The van der Waals surface area contributed by atoms with Crippen molar-refractivity contribution in [3.05, 3.63) is 35.6 Å². The molecule has 0 unspecified atom stereocenters. The summed E-state index contributed by atoms with van der Waals surface area (Å²) in [6.07, 6.45) is 0. The first kappa shape index (κ1) is 19.4. The van der Waals surface area contributed by atoms with Gasteiger partial charge in [-0.25, -0.2) is 17.8 Å². The summed E-state index contributed by atoms with van der Waals surface area (Å²) in [4.78, 5) is 4.34. The van der Waals surface area contributed by atoms with E-state index >= 15 is 0 Å². The van der Waals surface area contributed by atoms with Crippen molar-refractivity contribution in [2.45, 2.75) is 39.0 Å². The van der Waals surface area contributed by atoms with Gasteiger partial charge < -0.3 is 10.6 Å². The van der Waals surface area contributed by atoms with Gasteiger partial charge in [-0.1, -0.05) is 12.1 Å². The van der Waals surface area contributed by atoms with Gasteiger partial charge in [-0.2, -0.15) is 0 Å². The second-order valence-corrected chi connectivity index (χ2v) is 9.05. The first-order chi connectivity index (χ1) is 10.7. The molecule has 0 aliphatic heterocycles. The number of hydrogen-bond donors (Lipinski definition) is 2. The number of halogens is 1. The molecule has 7 heteroatoms. The van der Waals surface area contributed by atoms with Crippen molar-refractivity contribution in [1.29, 1.82) is 0 Å². The van der Waals surface area contributed by atoms with E-state index in [0.717, 1.165) is 5.56 Å². The predicted octanol–water partition coefficient (Wildman–Crippen LogP) is 2.09. The third-order valence-electron chi connectivity index (χ3n) is 3.25. The number of rotatable bonds is 6. The van der Waals surface area contributed by atoms with E-state index < -0.39 is 14.6 Å². The number of sulfone groups is 1. The molecule has 0 aliphatic carbocycles. The highest BCUT2D eigenvalue weighted by Crippen LogP contribution is 2.15. The van der Waals surface area contributed by atoms with E-state index in [2.05, 4.69) is 15.6 Å². The minimum Gasteiger partial charge on any atom is -0.357 e. The molecule has 0 spiro atoms. The Morgan fingerprint density at radius 3 is 2.52 bits per heavy atom. The molecule has 0 atom stereocenters. The van der Waals surface area contributed by atoms with Crippen LogP contribution in [0.3, 0.4) is 0 Å². The topological polar surface area (TPSA) is 70.6 Å². The molecule has 0 heterocycles. The highest BCUT2D eigenvalue weighted by molar-refractivity contribution is 7.92. The summed E-state index contributed by atoms with van der Waals surface area (Å²) in [6, 6.07) is 6.24. The number of aliphatic imine (C=N–C) groups is 1. The molecule has 0 aliphatic rings. The van der Waals surface area contributed by atoms with Crippen LogP contribution in [-0.2, 0) is 16.4 Å². The standard InChI is InChI=1S/C16H26FN3O2S/c1-5-18-15(19-9-10-23(21,22)16(2,3)4)20-12-13-7-6-8-14(17)11-13/h6-8,11H,5,9-10,12H2,1-4H3,(H2,18,19,20). The average Bonchev–Trinajstić information content (AvgIpc) is 2.43. The van der Waals surface area contributed by atoms with Crippen molar-refractivity contribution in [2.75, 3.05) is 18.8 Å². The molecular formula is C16H26FN3O2S. The van der Waals surface area contributed by atoms with Gasteiger partial charge in [0, 0.05) is 13.1 Å². The van der Waals surface area contributed by atoms with Gasteiger partial charge in [-0.15, -0.1) is 0 Å². The van der Waals surface area contributed by atoms with Gasteiger partial charge in [0.05, 0.1) is 17.0 Å². The van der Waals surface area contributed by atoms with Gasteiger partial charge in [-0.3, -0.25) is 0 Å². The molecule has 0 amide bonds. The zero-order chi connectivity index (χ0) is 17.5. The third-order valence-corrected chi connectivity index (χ3v) is 5.86. The van der Waals surface area contributed by atoms with Crippen LogP contribution in [0.5, 0.6) is 0 Å².